The molecule has 4 heteroatoms. The zero-order valence-electron chi connectivity index (χ0n) is 9.36. The van der Waals surface area contributed by atoms with Gasteiger partial charge in [-0.1, -0.05) is 36.7 Å². The zero-order valence-corrected chi connectivity index (χ0v) is 10.9. The van der Waals surface area contributed by atoms with E-state index in [0.717, 1.165) is 6.42 Å². The van der Waals surface area contributed by atoms with Crippen LogP contribution in [0.4, 0.5) is 4.39 Å². The van der Waals surface area contributed by atoms with Crippen LogP contribution in [0.3, 0.4) is 0 Å². The maximum absolute atomic E-state index is 13.3. The third-order valence-electron chi connectivity index (χ3n) is 1.84. The highest BCUT2D eigenvalue weighted by molar-refractivity contribution is 6.48. The smallest absolute Gasteiger partial charge is 0.136 e. The molecule has 1 aromatic carbocycles. The van der Waals surface area contributed by atoms with Gasteiger partial charge in [0.1, 0.15) is 5.82 Å². The average Bonchev–Trinajstić information content (AvgIpc) is 2.26. The molecule has 0 aliphatic rings. The second-order valence-electron chi connectivity index (χ2n) is 3.16. The van der Waals surface area contributed by atoms with Crippen molar-refractivity contribution < 1.29 is 9.50 Å². The Morgan fingerprint density at radius 2 is 2.00 bits per heavy atom. The summed E-state index contributed by atoms with van der Waals surface area (Å²) in [7, 11) is 0. The number of halogens is 3. The largest absolute Gasteiger partial charge is 0.396 e. The molecule has 0 bridgehead atoms. The molecule has 0 aliphatic heterocycles. The van der Waals surface area contributed by atoms with E-state index in [4.69, 9.17) is 28.3 Å². The Kier molecular flexibility index (Phi) is 7.39. The van der Waals surface area contributed by atoms with Crippen LogP contribution >= 0.6 is 23.2 Å². The first-order chi connectivity index (χ1) is 7.45. The molecule has 0 aliphatic carbocycles. The lowest BCUT2D eigenvalue weighted by atomic mass is 10.1. The van der Waals surface area contributed by atoms with E-state index < -0.39 is 5.82 Å². The molecule has 0 fully saturated rings. The highest BCUT2D eigenvalue weighted by atomic mass is 35.5. The number of aliphatic hydroxyl groups excluding tert-OH is 1. The van der Waals surface area contributed by atoms with Gasteiger partial charge in [0.15, 0.2) is 0 Å². The maximum atomic E-state index is 13.3. The van der Waals surface area contributed by atoms with Crippen LogP contribution < -0.4 is 0 Å². The molecule has 90 valence electrons. The predicted octanol–water partition coefficient (Wildman–Crippen LogP) is 4.39. The Morgan fingerprint density at radius 3 is 2.38 bits per heavy atom. The summed E-state index contributed by atoms with van der Waals surface area (Å²) < 4.78 is 13.3. The Labute approximate surface area is 106 Å². The first kappa shape index (κ1) is 15.4. The van der Waals surface area contributed by atoms with Gasteiger partial charge in [-0.3, -0.25) is 0 Å². The monoisotopic (exact) mass is 264 g/mol. The van der Waals surface area contributed by atoms with Crippen LogP contribution in [0.25, 0.3) is 5.03 Å². The molecule has 1 aromatic rings. The lowest BCUT2D eigenvalue weighted by Gasteiger charge is -2.04. The van der Waals surface area contributed by atoms with Crippen LogP contribution in [-0.2, 0) is 0 Å². The van der Waals surface area contributed by atoms with Crippen molar-refractivity contribution in [2.24, 2.45) is 0 Å². The first-order valence-electron chi connectivity index (χ1n) is 4.85. The van der Waals surface area contributed by atoms with Crippen molar-refractivity contribution in [2.45, 2.75) is 20.3 Å². The van der Waals surface area contributed by atoms with Crippen LogP contribution in [0.2, 0.25) is 5.02 Å². The number of benzene rings is 1. The van der Waals surface area contributed by atoms with Crippen molar-refractivity contribution >= 4 is 28.2 Å². The fraction of sp³-hybridized carbons (Fsp3) is 0.333. The Morgan fingerprint density at radius 1 is 1.50 bits per heavy atom. The summed E-state index contributed by atoms with van der Waals surface area (Å²) in [5.74, 6) is -0.400. The molecule has 0 unspecified atom stereocenters. The standard InChI is InChI=1S/C9H7Cl2F.C3H8O/c1-5-8(11)4-3-7(6(2)10)9(5)12;1-2-3-4/h3-4H,2H2,1H3;4H,2-3H2,1H3. The van der Waals surface area contributed by atoms with Gasteiger partial charge in [-0.05, 0) is 25.5 Å². The lowest BCUT2D eigenvalue weighted by Crippen LogP contribution is -1.89. The molecule has 1 N–H and O–H groups in total. The van der Waals surface area contributed by atoms with Crippen LogP contribution in [-0.4, -0.2) is 11.7 Å². The van der Waals surface area contributed by atoms with Crippen LogP contribution in [0.1, 0.15) is 24.5 Å². The molecule has 0 saturated carbocycles. The minimum Gasteiger partial charge on any atom is -0.396 e. The van der Waals surface area contributed by atoms with E-state index in [1.165, 1.54) is 6.07 Å². The van der Waals surface area contributed by atoms with Gasteiger partial charge in [-0.2, -0.15) is 0 Å². The van der Waals surface area contributed by atoms with Crippen LogP contribution in [0.5, 0.6) is 0 Å². The molecule has 0 aromatic heterocycles. The van der Waals surface area contributed by atoms with Crippen LogP contribution in [0.15, 0.2) is 18.7 Å². The minimum absolute atomic E-state index is 0.187. The van der Waals surface area contributed by atoms with Gasteiger partial charge >= 0.3 is 0 Å². The molecule has 1 rings (SSSR count). The predicted molar refractivity (Wildman–Crippen MR) is 68.4 cm³/mol. The van der Waals surface area contributed by atoms with Crippen molar-refractivity contribution in [2.75, 3.05) is 6.61 Å². The Bertz CT molecular complexity index is 362. The SMILES string of the molecule is C=C(Cl)c1ccc(Cl)c(C)c1F.CCCO. The summed E-state index contributed by atoms with van der Waals surface area (Å²) in [5, 5.41) is 8.46. The number of hydrogen-bond acceptors (Lipinski definition) is 1. The van der Waals surface area contributed by atoms with Crippen molar-refractivity contribution in [1.82, 2.24) is 0 Å². The zero-order chi connectivity index (χ0) is 12.7. The van der Waals surface area contributed by atoms with E-state index in [2.05, 4.69) is 6.58 Å². The fourth-order valence-corrected chi connectivity index (χ4v) is 1.16. The molecule has 1 nitrogen and oxygen atoms in total. The normalized spacial score (nSPS) is 9.38. The first-order valence-corrected chi connectivity index (χ1v) is 5.61. The van der Waals surface area contributed by atoms with Crippen molar-refractivity contribution in [3.05, 3.63) is 40.7 Å². The van der Waals surface area contributed by atoms with Crippen molar-refractivity contribution in [3.63, 3.8) is 0 Å². The van der Waals surface area contributed by atoms with E-state index in [1.807, 2.05) is 6.92 Å². The molecule has 0 heterocycles. The summed E-state index contributed by atoms with van der Waals surface area (Å²) in [6, 6.07) is 3.11. The van der Waals surface area contributed by atoms with E-state index in [-0.39, 0.29) is 5.03 Å². The maximum Gasteiger partial charge on any atom is 0.136 e. The topological polar surface area (TPSA) is 20.2 Å². The fourth-order valence-electron chi connectivity index (χ4n) is 0.871. The number of aliphatic hydroxyl groups is 1. The van der Waals surface area contributed by atoms with Crippen molar-refractivity contribution in [1.29, 1.82) is 0 Å². The molecule has 0 amide bonds. The third kappa shape index (κ3) is 4.52. The van der Waals surface area contributed by atoms with Gasteiger partial charge in [0, 0.05) is 27.8 Å². The van der Waals surface area contributed by atoms with Gasteiger partial charge < -0.3 is 5.11 Å². The summed E-state index contributed by atoms with van der Waals surface area (Å²) in [5.41, 5.74) is 0.703. The van der Waals surface area contributed by atoms with E-state index >= 15 is 0 Å². The average molecular weight is 265 g/mol. The summed E-state index contributed by atoms with van der Waals surface area (Å²) in [6.07, 6.45) is 0.875. The van der Waals surface area contributed by atoms with Gasteiger partial charge in [-0.15, -0.1) is 0 Å². The Balaban J connectivity index is 0.000000487. The van der Waals surface area contributed by atoms with Gasteiger partial charge in [0.2, 0.25) is 0 Å². The highest BCUT2D eigenvalue weighted by Gasteiger charge is 2.09. The second-order valence-corrected chi connectivity index (χ2v) is 4.03. The van der Waals surface area contributed by atoms with Crippen LogP contribution in [0, 0.1) is 12.7 Å². The molecule has 0 saturated heterocycles. The van der Waals surface area contributed by atoms with Gasteiger partial charge in [-0.25, -0.2) is 4.39 Å². The summed E-state index contributed by atoms with van der Waals surface area (Å²) >= 11 is 11.2. The highest BCUT2D eigenvalue weighted by Crippen LogP contribution is 2.26. The van der Waals surface area contributed by atoms with Gasteiger partial charge in [0.25, 0.3) is 0 Å². The Hall–Kier alpha value is -0.570. The molecule has 16 heavy (non-hydrogen) atoms. The number of rotatable bonds is 2. The molecular weight excluding hydrogens is 250 g/mol. The van der Waals surface area contributed by atoms with Gasteiger partial charge in [0.05, 0.1) is 0 Å². The lowest BCUT2D eigenvalue weighted by molar-refractivity contribution is 0.295. The van der Waals surface area contributed by atoms with E-state index in [9.17, 15) is 4.39 Å². The quantitative estimate of drug-likeness (QED) is 0.841. The van der Waals surface area contributed by atoms with Crippen molar-refractivity contribution in [3.8, 4) is 0 Å². The molecule has 0 radical (unpaired) electrons. The molecule has 0 spiro atoms. The summed E-state index contributed by atoms with van der Waals surface area (Å²) in [6.45, 7) is 7.29. The van der Waals surface area contributed by atoms with E-state index in [1.54, 1.807) is 13.0 Å². The summed E-state index contributed by atoms with van der Waals surface area (Å²) in [4.78, 5) is 0. The molecular formula is C12H15Cl2FO. The van der Waals surface area contributed by atoms with E-state index in [0.29, 0.717) is 22.8 Å². The minimum atomic E-state index is -0.400. The number of hydrogen-bond donors (Lipinski definition) is 1. The second kappa shape index (κ2) is 7.66. The third-order valence-corrected chi connectivity index (χ3v) is 2.45. The molecule has 0 atom stereocenters.